The number of hydrogen-bond donors (Lipinski definition) is 1. The molecular formula is C20H25N. The minimum atomic E-state index is 0.517. The average Bonchev–Trinajstić information content (AvgIpc) is 2.47. The number of rotatable bonds is 5. The van der Waals surface area contributed by atoms with Gasteiger partial charge in [0.2, 0.25) is 0 Å². The maximum absolute atomic E-state index is 5.66. The van der Waals surface area contributed by atoms with E-state index in [1.54, 1.807) is 0 Å². The van der Waals surface area contributed by atoms with E-state index in [4.69, 9.17) is 5.73 Å². The van der Waals surface area contributed by atoms with E-state index in [0.717, 1.165) is 13.0 Å². The van der Waals surface area contributed by atoms with Crippen molar-refractivity contribution in [1.82, 2.24) is 0 Å². The summed E-state index contributed by atoms with van der Waals surface area (Å²) in [6.07, 6.45) is 5.45. The van der Waals surface area contributed by atoms with Crippen LogP contribution in [0.3, 0.4) is 0 Å². The van der Waals surface area contributed by atoms with E-state index in [-0.39, 0.29) is 0 Å². The van der Waals surface area contributed by atoms with E-state index in [0.29, 0.717) is 5.92 Å². The molecule has 1 unspecified atom stereocenters. The Kier molecular flexibility index (Phi) is 5.35. The first-order valence-electron chi connectivity index (χ1n) is 7.66. The van der Waals surface area contributed by atoms with Crippen molar-refractivity contribution >= 4 is 12.2 Å². The third kappa shape index (κ3) is 4.05. The lowest BCUT2D eigenvalue weighted by Gasteiger charge is -2.11. The fraction of sp³-hybridized carbons (Fsp3) is 0.300. The van der Waals surface area contributed by atoms with Gasteiger partial charge in [-0.1, -0.05) is 61.5 Å². The van der Waals surface area contributed by atoms with E-state index in [1.165, 1.54) is 27.8 Å². The molecule has 0 bridgehead atoms. The van der Waals surface area contributed by atoms with Crippen LogP contribution in [0.2, 0.25) is 0 Å². The average molecular weight is 279 g/mol. The summed E-state index contributed by atoms with van der Waals surface area (Å²) in [7, 11) is 0. The normalized spacial score (nSPS) is 12.8. The highest BCUT2D eigenvalue weighted by Gasteiger charge is 2.04. The minimum absolute atomic E-state index is 0.517. The third-order valence-corrected chi connectivity index (χ3v) is 4.06. The Morgan fingerprint density at radius 1 is 1.00 bits per heavy atom. The molecule has 0 fully saturated rings. The summed E-state index contributed by atoms with van der Waals surface area (Å²) in [4.78, 5) is 0. The molecule has 2 rings (SSSR count). The lowest BCUT2D eigenvalue weighted by molar-refractivity contribution is 0.690. The van der Waals surface area contributed by atoms with Crippen molar-refractivity contribution in [3.63, 3.8) is 0 Å². The van der Waals surface area contributed by atoms with Crippen molar-refractivity contribution in [1.29, 1.82) is 0 Å². The molecule has 0 radical (unpaired) electrons. The Labute approximate surface area is 128 Å². The molecule has 1 heteroatoms. The smallest absolute Gasteiger partial charge is 0.00715 e. The Hall–Kier alpha value is -1.86. The third-order valence-electron chi connectivity index (χ3n) is 4.06. The van der Waals surface area contributed by atoms with Gasteiger partial charge in [0, 0.05) is 0 Å². The summed E-state index contributed by atoms with van der Waals surface area (Å²) in [6.45, 7) is 7.30. The van der Waals surface area contributed by atoms with Gasteiger partial charge in [-0.05, 0) is 60.5 Å². The topological polar surface area (TPSA) is 26.0 Å². The Morgan fingerprint density at radius 2 is 1.67 bits per heavy atom. The fourth-order valence-electron chi connectivity index (χ4n) is 2.66. The van der Waals surface area contributed by atoms with E-state index >= 15 is 0 Å². The van der Waals surface area contributed by atoms with Gasteiger partial charge in [-0.15, -0.1) is 0 Å². The molecule has 0 aliphatic carbocycles. The SMILES string of the molecule is Cc1cccc(C)c1/C=C\c1cccc(C(C)CCN)c1. The molecule has 110 valence electrons. The Balaban J connectivity index is 2.23. The molecule has 2 aromatic carbocycles. The first-order chi connectivity index (χ1) is 10.1. The summed E-state index contributed by atoms with van der Waals surface area (Å²) in [6, 6.07) is 15.2. The van der Waals surface area contributed by atoms with Crippen LogP contribution < -0.4 is 5.73 Å². The molecule has 0 aliphatic rings. The van der Waals surface area contributed by atoms with Gasteiger partial charge in [-0.25, -0.2) is 0 Å². The second-order valence-corrected chi connectivity index (χ2v) is 5.79. The summed E-state index contributed by atoms with van der Waals surface area (Å²) in [5.41, 5.74) is 12.2. The van der Waals surface area contributed by atoms with Crippen LogP contribution in [-0.4, -0.2) is 6.54 Å². The molecule has 1 nitrogen and oxygen atoms in total. The molecule has 2 N–H and O–H groups in total. The van der Waals surface area contributed by atoms with Gasteiger partial charge < -0.3 is 5.73 Å². The van der Waals surface area contributed by atoms with Crippen molar-refractivity contribution in [3.05, 3.63) is 70.3 Å². The summed E-state index contributed by atoms with van der Waals surface area (Å²) < 4.78 is 0. The summed E-state index contributed by atoms with van der Waals surface area (Å²) >= 11 is 0. The Morgan fingerprint density at radius 3 is 2.33 bits per heavy atom. The van der Waals surface area contributed by atoms with Crippen LogP contribution in [0.5, 0.6) is 0 Å². The zero-order valence-electron chi connectivity index (χ0n) is 13.3. The van der Waals surface area contributed by atoms with E-state index in [2.05, 4.69) is 75.4 Å². The van der Waals surface area contributed by atoms with Crippen LogP contribution in [-0.2, 0) is 0 Å². The quantitative estimate of drug-likeness (QED) is 0.772. The molecule has 0 heterocycles. The number of aryl methyl sites for hydroxylation is 2. The largest absolute Gasteiger partial charge is 0.330 e. The molecule has 0 saturated heterocycles. The highest BCUT2D eigenvalue weighted by molar-refractivity contribution is 5.72. The maximum Gasteiger partial charge on any atom is -0.00715 e. The highest BCUT2D eigenvalue weighted by Crippen LogP contribution is 2.21. The lowest BCUT2D eigenvalue weighted by Crippen LogP contribution is -2.04. The zero-order chi connectivity index (χ0) is 15.2. The van der Waals surface area contributed by atoms with Crippen molar-refractivity contribution in [2.24, 2.45) is 5.73 Å². The predicted molar refractivity (Wildman–Crippen MR) is 93.4 cm³/mol. The second-order valence-electron chi connectivity index (χ2n) is 5.79. The molecule has 0 saturated carbocycles. The van der Waals surface area contributed by atoms with Crippen LogP contribution in [0.1, 0.15) is 47.1 Å². The Bertz CT molecular complexity index is 605. The minimum Gasteiger partial charge on any atom is -0.330 e. The van der Waals surface area contributed by atoms with Crippen molar-refractivity contribution < 1.29 is 0 Å². The highest BCUT2D eigenvalue weighted by atomic mass is 14.5. The summed E-state index contributed by atoms with van der Waals surface area (Å²) in [5.74, 6) is 0.517. The van der Waals surface area contributed by atoms with Gasteiger partial charge in [0.15, 0.2) is 0 Å². The zero-order valence-corrected chi connectivity index (χ0v) is 13.3. The monoisotopic (exact) mass is 279 g/mol. The van der Waals surface area contributed by atoms with Crippen LogP contribution in [0.15, 0.2) is 42.5 Å². The van der Waals surface area contributed by atoms with Crippen LogP contribution >= 0.6 is 0 Å². The number of nitrogens with two attached hydrogens (primary N) is 1. The van der Waals surface area contributed by atoms with Crippen LogP contribution in [0, 0.1) is 13.8 Å². The summed E-state index contributed by atoms with van der Waals surface area (Å²) in [5, 5.41) is 0. The fourth-order valence-corrected chi connectivity index (χ4v) is 2.66. The predicted octanol–water partition coefficient (Wildman–Crippen LogP) is 4.93. The van der Waals surface area contributed by atoms with Crippen molar-refractivity contribution in [2.45, 2.75) is 33.1 Å². The van der Waals surface area contributed by atoms with Gasteiger partial charge >= 0.3 is 0 Å². The molecule has 2 aromatic rings. The maximum atomic E-state index is 5.66. The van der Waals surface area contributed by atoms with Gasteiger partial charge in [0.1, 0.15) is 0 Å². The van der Waals surface area contributed by atoms with Crippen LogP contribution in [0.4, 0.5) is 0 Å². The molecular weight excluding hydrogens is 254 g/mol. The van der Waals surface area contributed by atoms with Gasteiger partial charge in [-0.2, -0.15) is 0 Å². The number of hydrogen-bond acceptors (Lipinski definition) is 1. The molecule has 0 spiro atoms. The van der Waals surface area contributed by atoms with Gasteiger partial charge in [-0.3, -0.25) is 0 Å². The standard InChI is InChI=1S/C20H25N/c1-15(12-13-21)19-9-5-8-18(14-19)10-11-20-16(2)6-4-7-17(20)3/h4-11,14-15H,12-13,21H2,1-3H3/b11-10-. The van der Waals surface area contributed by atoms with Gasteiger partial charge in [0.05, 0.1) is 0 Å². The van der Waals surface area contributed by atoms with Gasteiger partial charge in [0.25, 0.3) is 0 Å². The van der Waals surface area contributed by atoms with E-state index in [1.807, 2.05) is 0 Å². The first-order valence-corrected chi connectivity index (χ1v) is 7.66. The lowest BCUT2D eigenvalue weighted by atomic mass is 9.95. The van der Waals surface area contributed by atoms with Crippen molar-refractivity contribution in [3.8, 4) is 0 Å². The van der Waals surface area contributed by atoms with E-state index < -0.39 is 0 Å². The van der Waals surface area contributed by atoms with Crippen molar-refractivity contribution in [2.75, 3.05) is 6.54 Å². The number of benzene rings is 2. The second kappa shape index (κ2) is 7.24. The molecule has 1 atom stereocenters. The molecule has 0 amide bonds. The molecule has 0 aliphatic heterocycles. The first kappa shape index (κ1) is 15.5. The van der Waals surface area contributed by atoms with E-state index in [9.17, 15) is 0 Å². The molecule has 21 heavy (non-hydrogen) atoms. The van der Waals surface area contributed by atoms with Crippen LogP contribution in [0.25, 0.3) is 12.2 Å². The molecule has 0 aromatic heterocycles.